The average molecular weight is 398 g/mol. The van der Waals surface area contributed by atoms with Crippen molar-refractivity contribution in [2.24, 2.45) is 0 Å². The fourth-order valence-corrected chi connectivity index (χ4v) is 2.64. The zero-order chi connectivity index (χ0) is 20.8. The summed E-state index contributed by atoms with van der Waals surface area (Å²) in [5, 5.41) is 0. The molecule has 0 amide bonds. The lowest BCUT2D eigenvalue weighted by Crippen LogP contribution is -2.02. The Balaban J connectivity index is 1.73. The van der Waals surface area contributed by atoms with E-state index >= 15 is 0 Å². The Bertz CT molecular complexity index is 1020. The molecule has 0 atom stereocenters. The maximum absolute atomic E-state index is 13.7. The molecule has 0 spiro atoms. The minimum atomic E-state index is -0.915. The molecule has 6 heteroatoms. The van der Waals surface area contributed by atoms with Gasteiger partial charge in [0, 0.05) is 0 Å². The molecule has 0 saturated carbocycles. The molecule has 0 heterocycles. The van der Waals surface area contributed by atoms with Crippen molar-refractivity contribution in [3.8, 4) is 11.5 Å². The molecule has 3 rings (SSSR count). The number of rotatable bonds is 7. The second-order valence-corrected chi connectivity index (χ2v) is 6.12. The Morgan fingerprint density at radius 1 is 0.931 bits per heavy atom. The number of benzene rings is 3. The van der Waals surface area contributed by atoms with Gasteiger partial charge in [0.15, 0.2) is 17.3 Å². The Kier molecular flexibility index (Phi) is 6.34. The topological polar surface area (TPSA) is 35.5 Å². The van der Waals surface area contributed by atoms with E-state index in [0.717, 1.165) is 23.8 Å². The van der Waals surface area contributed by atoms with E-state index in [0.29, 0.717) is 17.1 Å². The van der Waals surface area contributed by atoms with E-state index in [1.165, 1.54) is 31.4 Å². The van der Waals surface area contributed by atoms with Crippen LogP contribution in [0.25, 0.3) is 6.08 Å². The number of carbonyl (C=O) groups excluding carboxylic acids is 1. The van der Waals surface area contributed by atoms with Crippen LogP contribution in [0, 0.1) is 17.5 Å². The van der Waals surface area contributed by atoms with Gasteiger partial charge in [0.25, 0.3) is 0 Å². The molecule has 0 aliphatic rings. The van der Waals surface area contributed by atoms with Crippen molar-refractivity contribution in [1.29, 1.82) is 0 Å². The van der Waals surface area contributed by atoms with Crippen LogP contribution >= 0.6 is 0 Å². The molecular weight excluding hydrogens is 381 g/mol. The zero-order valence-corrected chi connectivity index (χ0v) is 15.5. The molecule has 29 heavy (non-hydrogen) atoms. The predicted molar refractivity (Wildman–Crippen MR) is 103 cm³/mol. The van der Waals surface area contributed by atoms with Gasteiger partial charge in [-0.25, -0.2) is 13.2 Å². The first-order valence-electron chi connectivity index (χ1n) is 8.69. The first-order chi connectivity index (χ1) is 14.0. The van der Waals surface area contributed by atoms with Gasteiger partial charge in [-0.1, -0.05) is 30.3 Å². The van der Waals surface area contributed by atoms with Crippen molar-refractivity contribution in [1.82, 2.24) is 0 Å². The van der Waals surface area contributed by atoms with Gasteiger partial charge in [-0.05, 0) is 53.6 Å². The second-order valence-electron chi connectivity index (χ2n) is 6.12. The van der Waals surface area contributed by atoms with Crippen molar-refractivity contribution >= 4 is 11.9 Å². The molecule has 0 saturated heterocycles. The molecule has 0 N–H and O–H groups in total. The maximum atomic E-state index is 13.7. The highest BCUT2D eigenvalue weighted by molar-refractivity contribution is 6.07. The van der Waals surface area contributed by atoms with Crippen LogP contribution in [0.4, 0.5) is 13.2 Å². The molecule has 0 radical (unpaired) electrons. The van der Waals surface area contributed by atoms with Gasteiger partial charge >= 0.3 is 0 Å². The number of methoxy groups -OCH3 is 1. The Hall–Kier alpha value is -3.54. The summed E-state index contributed by atoms with van der Waals surface area (Å²) < 4.78 is 51.3. The van der Waals surface area contributed by atoms with Crippen LogP contribution in [0.3, 0.4) is 0 Å². The van der Waals surface area contributed by atoms with E-state index in [1.54, 1.807) is 30.3 Å². The van der Waals surface area contributed by atoms with Crippen LogP contribution in [-0.2, 0) is 6.61 Å². The van der Waals surface area contributed by atoms with Gasteiger partial charge < -0.3 is 9.47 Å². The third kappa shape index (κ3) is 5.04. The molecule has 0 bridgehead atoms. The number of ether oxygens (including phenoxy) is 2. The predicted octanol–water partition coefficient (Wildman–Crippen LogP) is 5.59. The molecule has 0 aliphatic carbocycles. The lowest BCUT2D eigenvalue weighted by atomic mass is 10.1. The van der Waals surface area contributed by atoms with Crippen LogP contribution in [-0.4, -0.2) is 12.9 Å². The first-order valence-corrected chi connectivity index (χ1v) is 8.69. The van der Waals surface area contributed by atoms with Gasteiger partial charge in [-0.3, -0.25) is 4.79 Å². The lowest BCUT2D eigenvalue weighted by Gasteiger charge is -2.11. The SMILES string of the molecule is COc1cc(/C=C/C(=O)c2c(F)cccc2F)ccc1OCc1ccc(F)cc1. The smallest absolute Gasteiger partial charge is 0.191 e. The fraction of sp³-hybridized carbons (Fsp3) is 0.0870. The summed E-state index contributed by atoms with van der Waals surface area (Å²) in [6, 6.07) is 14.1. The van der Waals surface area contributed by atoms with Crippen molar-refractivity contribution in [2.75, 3.05) is 7.11 Å². The van der Waals surface area contributed by atoms with E-state index in [-0.39, 0.29) is 12.4 Å². The van der Waals surface area contributed by atoms with Gasteiger partial charge in [-0.15, -0.1) is 0 Å². The minimum Gasteiger partial charge on any atom is -0.493 e. The van der Waals surface area contributed by atoms with Crippen LogP contribution in [0.1, 0.15) is 21.5 Å². The number of carbonyl (C=O) groups is 1. The number of ketones is 1. The van der Waals surface area contributed by atoms with E-state index in [2.05, 4.69) is 0 Å². The third-order valence-corrected chi connectivity index (χ3v) is 4.13. The van der Waals surface area contributed by atoms with Gasteiger partial charge in [-0.2, -0.15) is 0 Å². The number of allylic oxidation sites excluding steroid dienone is 1. The quantitative estimate of drug-likeness (QED) is 0.385. The van der Waals surface area contributed by atoms with E-state index < -0.39 is 23.0 Å². The number of halogens is 3. The van der Waals surface area contributed by atoms with E-state index in [1.807, 2.05) is 0 Å². The summed E-state index contributed by atoms with van der Waals surface area (Å²) in [6.07, 6.45) is 2.52. The van der Waals surface area contributed by atoms with Crippen LogP contribution in [0.2, 0.25) is 0 Å². The molecule has 0 unspecified atom stereocenters. The largest absolute Gasteiger partial charge is 0.493 e. The van der Waals surface area contributed by atoms with Gasteiger partial charge in [0.2, 0.25) is 0 Å². The Morgan fingerprint density at radius 3 is 2.28 bits per heavy atom. The van der Waals surface area contributed by atoms with Gasteiger partial charge in [0.05, 0.1) is 12.7 Å². The third-order valence-electron chi connectivity index (χ3n) is 4.13. The molecule has 0 aromatic heterocycles. The standard InChI is InChI=1S/C23H17F3O3/c1-28-22-13-15(7-11-20(27)23-18(25)3-2-4-19(23)26)8-12-21(22)29-14-16-5-9-17(24)10-6-16/h2-13H,14H2,1H3/b11-7+. The van der Waals surface area contributed by atoms with E-state index in [9.17, 15) is 18.0 Å². The summed E-state index contributed by atoms with van der Waals surface area (Å²) in [6.45, 7) is 0.219. The monoisotopic (exact) mass is 398 g/mol. The van der Waals surface area contributed by atoms with Crippen LogP contribution in [0.5, 0.6) is 11.5 Å². The minimum absolute atomic E-state index is 0.219. The lowest BCUT2D eigenvalue weighted by molar-refractivity contribution is 0.104. The van der Waals surface area contributed by atoms with Crippen LogP contribution in [0.15, 0.2) is 66.7 Å². The highest BCUT2D eigenvalue weighted by Gasteiger charge is 2.14. The van der Waals surface area contributed by atoms with Crippen LogP contribution < -0.4 is 9.47 Å². The summed E-state index contributed by atoms with van der Waals surface area (Å²) in [4.78, 5) is 12.1. The maximum Gasteiger partial charge on any atom is 0.191 e. The molecule has 3 aromatic rings. The van der Waals surface area contributed by atoms with E-state index in [4.69, 9.17) is 9.47 Å². The Morgan fingerprint density at radius 2 is 1.62 bits per heavy atom. The highest BCUT2D eigenvalue weighted by Crippen LogP contribution is 2.29. The molecule has 148 valence electrons. The normalized spacial score (nSPS) is 10.9. The molecule has 3 nitrogen and oxygen atoms in total. The summed E-state index contributed by atoms with van der Waals surface area (Å²) in [5.74, 6) is -2.06. The van der Waals surface area contributed by atoms with Crippen molar-refractivity contribution in [3.63, 3.8) is 0 Å². The Labute approximate surface area is 166 Å². The molecule has 0 aliphatic heterocycles. The zero-order valence-electron chi connectivity index (χ0n) is 15.5. The molecule has 3 aromatic carbocycles. The second kappa shape index (κ2) is 9.10. The highest BCUT2D eigenvalue weighted by atomic mass is 19.1. The number of hydrogen-bond acceptors (Lipinski definition) is 3. The van der Waals surface area contributed by atoms with Crippen molar-refractivity contribution in [3.05, 3.63) is 101 Å². The summed E-state index contributed by atoms with van der Waals surface area (Å²) >= 11 is 0. The average Bonchev–Trinajstić information content (AvgIpc) is 2.72. The molecule has 0 fully saturated rings. The molecular formula is C23H17F3O3. The summed E-state index contributed by atoms with van der Waals surface area (Å²) in [5.41, 5.74) is 0.769. The van der Waals surface area contributed by atoms with Crippen molar-refractivity contribution in [2.45, 2.75) is 6.61 Å². The summed E-state index contributed by atoms with van der Waals surface area (Å²) in [7, 11) is 1.47. The number of hydrogen-bond donors (Lipinski definition) is 0. The van der Waals surface area contributed by atoms with Gasteiger partial charge in [0.1, 0.15) is 24.1 Å². The van der Waals surface area contributed by atoms with Crippen molar-refractivity contribution < 1.29 is 27.4 Å². The fourth-order valence-electron chi connectivity index (χ4n) is 2.64. The first kappa shape index (κ1) is 20.2.